The number of halogens is 1. The van der Waals surface area contributed by atoms with Gasteiger partial charge in [-0.25, -0.2) is 0 Å². The summed E-state index contributed by atoms with van der Waals surface area (Å²) in [7, 11) is 0. The Morgan fingerprint density at radius 2 is 2.20 bits per heavy atom. The summed E-state index contributed by atoms with van der Waals surface area (Å²) in [5, 5.41) is 9.76. The molecule has 0 amide bonds. The fourth-order valence-corrected chi connectivity index (χ4v) is 1.69. The van der Waals surface area contributed by atoms with Gasteiger partial charge >= 0.3 is 0 Å². The van der Waals surface area contributed by atoms with Gasteiger partial charge in [-0.1, -0.05) is 11.6 Å². The Kier molecular flexibility index (Phi) is 2.22. The van der Waals surface area contributed by atoms with Crippen molar-refractivity contribution in [3.8, 4) is 6.07 Å². The van der Waals surface area contributed by atoms with E-state index in [9.17, 15) is 4.79 Å². The van der Waals surface area contributed by atoms with E-state index >= 15 is 0 Å². The summed E-state index contributed by atoms with van der Waals surface area (Å²) in [4.78, 5) is 14.8. The van der Waals surface area contributed by atoms with Crippen LogP contribution in [0.4, 0.5) is 0 Å². The molecular formula is C11H7ClN2O. The highest BCUT2D eigenvalue weighted by molar-refractivity contribution is 6.31. The molecule has 15 heavy (non-hydrogen) atoms. The van der Waals surface area contributed by atoms with Crippen LogP contribution in [0.1, 0.15) is 11.3 Å². The van der Waals surface area contributed by atoms with E-state index in [0.29, 0.717) is 21.6 Å². The Bertz CT molecular complexity index is 637. The second-order valence-electron chi connectivity index (χ2n) is 3.26. The normalized spacial score (nSPS) is 10.2. The minimum absolute atomic E-state index is 0.143. The van der Waals surface area contributed by atoms with E-state index in [-0.39, 0.29) is 11.0 Å². The third-order valence-electron chi connectivity index (χ3n) is 2.26. The third-order valence-corrected chi connectivity index (χ3v) is 2.50. The average Bonchev–Trinajstić information content (AvgIpc) is 2.20. The zero-order chi connectivity index (χ0) is 11.0. The molecule has 1 N–H and O–H groups in total. The largest absolute Gasteiger partial charge is 0.357 e. The van der Waals surface area contributed by atoms with Crippen molar-refractivity contribution in [2.45, 2.75) is 6.92 Å². The zero-order valence-electron chi connectivity index (χ0n) is 7.97. The molecule has 0 radical (unpaired) electrons. The molecule has 2 aromatic rings. The van der Waals surface area contributed by atoms with Crippen LogP contribution in [0, 0.1) is 18.3 Å². The maximum atomic E-state index is 11.8. The van der Waals surface area contributed by atoms with Gasteiger partial charge in [0.05, 0.1) is 0 Å². The summed E-state index contributed by atoms with van der Waals surface area (Å²) in [5.41, 5.74) is 1.15. The average molecular weight is 219 g/mol. The van der Waals surface area contributed by atoms with Crippen LogP contribution < -0.4 is 5.43 Å². The number of nitriles is 1. The molecule has 4 heteroatoms. The molecule has 1 aromatic carbocycles. The van der Waals surface area contributed by atoms with Crippen LogP contribution in [0.5, 0.6) is 0 Å². The predicted molar refractivity (Wildman–Crippen MR) is 59.0 cm³/mol. The lowest BCUT2D eigenvalue weighted by atomic mass is 10.1. The lowest BCUT2D eigenvalue weighted by molar-refractivity contribution is 1.21. The molecule has 1 aromatic heterocycles. The van der Waals surface area contributed by atoms with E-state index < -0.39 is 0 Å². The molecule has 1 heterocycles. The van der Waals surface area contributed by atoms with Crippen molar-refractivity contribution in [3.05, 3.63) is 44.7 Å². The molecular weight excluding hydrogens is 212 g/mol. The van der Waals surface area contributed by atoms with Crippen LogP contribution >= 0.6 is 11.6 Å². The van der Waals surface area contributed by atoms with Crippen LogP contribution in [0.2, 0.25) is 5.02 Å². The molecule has 2 rings (SSSR count). The first kappa shape index (κ1) is 9.75. The lowest BCUT2D eigenvalue weighted by Gasteiger charge is -2.02. The van der Waals surface area contributed by atoms with E-state index in [1.165, 1.54) is 0 Å². The lowest BCUT2D eigenvalue weighted by Crippen LogP contribution is -2.10. The van der Waals surface area contributed by atoms with Gasteiger partial charge in [-0.15, -0.1) is 0 Å². The van der Waals surface area contributed by atoms with E-state index in [2.05, 4.69) is 4.98 Å². The number of hydrogen-bond donors (Lipinski definition) is 1. The molecule has 0 unspecified atom stereocenters. The molecule has 74 valence electrons. The van der Waals surface area contributed by atoms with Crippen molar-refractivity contribution in [2.24, 2.45) is 0 Å². The van der Waals surface area contributed by atoms with Crippen LogP contribution in [-0.4, -0.2) is 4.98 Å². The van der Waals surface area contributed by atoms with Gasteiger partial charge < -0.3 is 4.98 Å². The maximum absolute atomic E-state index is 11.8. The molecule has 0 fully saturated rings. The van der Waals surface area contributed by atoms with Crippen molar-refractivity contribution in [2.75, 3.05) is 0 Å². The van der Waals surface area contributed by atoms with Gasteiger partial charge in [-0.2, -0.15) is 5.26 Å². The number of rotatable bonds is 0. The maximum Gasteiger partial charge on any atom is 0.207 e. The Labute approximate surface area is 90.9 Å². The summed E-state index contributed by atoms with van der Waals surface area (Å²) in [6.45, 7) is 1.70. The first-order valence-electron chi connectivity index (χ1n) is 4.35. The van der Waals surface area contributed by atoms with Crippen molar-refractivity contribution in [3.63, 3.8) is 0 Å². The number of hydrogen-bond acceptors (Lipinski definition) is 2. The van der Waals surface area contributed by atoms with Crippen LogP contribution in [-0.2, 0) is 0 Å². The number of pyridine rings is 1. The molecule has 0 aliphatic heterocycles. The fraction of sp³-hybridized carbons (Fsp3) is 0.0909. The minimum atomic E-state index is -0.272. The fourth-order valence-electron chi connectivity index (χ4n) is 1.52. The second kappa shape index (κ2) is 3.41. The van der Waals surface area contributed by atoms with Crippen LogP contribution in [0.15, 0.2) is 23.0 Å². The molecule has 0 saturated carbocycles. The molecule has 0 bridgehead atoms. The third kappa shape index (κ3) is 1.49. The Balaban J connectivity index is 3.01. The number of benzene rings is 1. The second-order valence-corrected chi connectivity index (χ2v) is 3.69. The van der Waals surface area contributed by atoms with Crippen LogP contribution in [0.25, 0.3) is 10.9 Å². The van der Waals surface area contributed by atoms with Crippen molar-refractivity contribution in [1.29, 1.82) is 5.26 Å². The molecule has 0 atom stereocenters. The summed E-state index contributed by atoms with van der Waals surface area (Å²) >= 11 is 5.79. The highest BCUT2D eigenvalue weighted by Gasteiger charge is 2.08. The smallest absolute Gasteiger partial charge is 0.207 e. The summed E-state index contributed by atoms with van der Waals surface area (Å²) < 4.78 is 0. The summed E-state index contributed by atoms with van der Waals surface area (Å²) in [5.74, 6) is 0. The quantitative estimate of drug-likeness (QED) is 0.738. The molecule has 0 aliphatic carbocycles. The summed E-state index contributed by atoms with van der Waals surface area (Å²) in [6, 6.07) is 6.88. The van der Waals surface area contributed by atoms with E-state index in [1.807, 2.05) is 6.07 Å². The SMILES string of the molecule is Cc1[nH]c2ccc(Cl)cc2c(=O)c1C#N. The van der Waals surface area contributed by atoms with Gasteiger partial charge in [0.2, 0.25) is 5.43 Å². The van der Waals surface area contributed by atoms with Crippen molar-refractivity contribution < 1.29 is 0 Å². The first-order chi connectivity index (χ1) is 7.13. The van der Waals surface area contributed by atoms with E-state index in [4.69, 9.17) is 16.9 Å². The van der Waals surface area contributed by atoms with Crippen LogP contribution in [0.3, 0.4) is 0 Å². The molecule has 0 saturated heterocycles. The highest BCUT2D eigenvalue weighted by Crippen LogP contribution is 2.16. The summed E-state index contributed by atoms with van der Waals surface area (Å²) in [6.07, 6.45) is 0. The van der Waals surface area contributed by atoms with Gasteiger partial charge in [0.1, 0.15) is 11.6 Å². The van der Waals surface area contributed by atoms with E-state index in [0.717, 1.165) is 0 Å². The van der Waals surface area contributed by atoms with Crippen molar-refractivity contribution >= 4 is 22.5 Å². The first-order valence-corrected chi connectivity index (χ1v) is 4.73. The Hall–Kier alpha value is -1.79. The molecule has 0 spiro atoms. The number of nitrogens with zero attached hydrogens (tertiary/aromatic N) is 1. The van der Waals surface area contributed by atoms with Gasteiger partial charge in [0, 0.05) is 21.6 Å². The standard InChI is InChI=1S/C11H7ClN2O/c1-6-9(5-13)11(15)8-4-7(12)2-3-10(8)14-6/h2-4H,1H3,(H,14,15). The minimum Gasteiger partial charge on any atom is -0.357 e. The number of aromatic nitrogens is 1. The van der Waals surface area contributed by atoms with Gasteiger partial charge in [0.15, 0.2) is 0 Å². The number of H-pyrrole nitrogens is 1. The topological polar surface area (TPSA) is 56.6 Å². The van der Waals surface area contributed by atoms with Gasteiger partial charge in [-0.05, 0) is 25.1 Å². The number of fused-ring (bicyclic) bond motifs is 1. The number of nitrogens with one attached hydrogen (secondary N) is 1. The van der Waals surface area contributed by atoms with Gasteiger partial charge in [-0.3, -0.25) is 4.79 Å². The number of aryl methyl sites for hydroxylation is 1. The van der Waals surface area contributed by atoms with Crippen molar-refractivity contribution in [1.82, 2.24) is 4.98 Å². The predicted octanol–water partition coefficient (Wildman–Crippen LogP) is 2.36. The monoisotopic (exact) mass is 218 g/mol. The molecule has 0 aliphatic rings. The Morgan fingerprint density at radius 1 is 1.47 bits per heavy atom. The highest BCUT2D eigenvalue weighted by atomic mass is 35.5. The zero-order valence-corrected chi connectivity index (χ0v) is 8.72. The molecule has 3 nitrogen and oxygen atoms in total. The van der Waals surface area contributed by atoms with E-state index in [1.54, 1.807) is 25.1 Å². The Morgan fingerprint density at radius 3 is 2.87 bits per heavy atom. The van der Waals surface area contributed by atoms with Gasteiger partial charge in [0.25, 0.3) is 0 Å². The number of aromatic amines is 1.